The molecule has 2 unspecified atom stereocenters. The van der Waals surface area contributed by atoms with Crippen molar-refractivity contribution < 1.29 is 26.7 Å². The molecule has 2 atom stereocenters. The summed E-state index contributed by atoms with van der Waals surface area (Å²) in [6.45, 7) is 7.16. The second kappa shape index (κ2) is 3.85. The van der Waals surface area contributed by atoms with E-state index in [0.717, 1.165) is 11.1 Å². The van der Waals surface area contributed by atoms with E-state index in [-0.39, 0.29) is 0 Å². The van der Waals surface area contributed by atoms with Crippen LogP contribution in [0.5, 0.6) is 0 Å². The molecule has 0 saturated heterocycles. The Hall–Kier alpha value is -0.297. The quantitative estimate of drug-likeness (QED) is 0.649. The van der Waals surface area contributed by atoms with Crippen LogP contribution in [0, 0.1) is 0 Å². The molecule has 0 aromatic carbocycles. The van der Waals surface area contributed by atoms with Crippen LogP contribution in [0.2, 0.25) is 6.25 Å². The van der Waals surface area contributed by atoms with E-state index in [0.29, 0.717) is 0 Å². The predicted molar refractivity (Wildman–Crippen MR) is 64.7 cm³/mol. The monoisotopic (exact) mass is 314 g/mol. The first kappa shape index (κ1) is 13.1. The van der Waals surface area contributed by atoms with Gasteiger partial charge in [0, 0.05) is 0 Å². The number of rotatable bonds is 2. The zero-order valence-electron chi connectivity index (χ0n) is 10.7. The van der Waals surface area contributed by atoms with Gasteiger partial charge in [-0.05, 0) is 0 Å². The van der Waals surface area contributed by atoms with Crippen LogP contribution in [0.4, 0.5) is 5.25 Å². The molecule has 0 radical (unpaired) electrons. The summed E-state index contributed by atoms with van der Waals surface area (Å²) in [6.07, 6.45) is 10.6. The third kappa shape index (κ3) is 1.87. The summed E-state index contributed by atoms with van der Waals surface area (Å²) in [5.74, 6) is 0. The van der Waals surface area contributed by atoms with E-state index >= 15 is 0 Å². The zero-order valence-corrected chi connectivity index (χ0v) is 13.2. The van der Waals surface area contributed by atoms with E-state index in [1.165, 1.54) is 0 Å². The first-order chi connectivity index (χ1) is 7.70. The molecule has 0 heterocycles. The third-order valence-electron chi connectivity index (χ3n) is 3.79. The second-order valence-corrected chi connectivity index (χ2v) is 13.7. The van der Waals surface area contributed by atoms with Crippen molar-refractivity contribution in [2.24, 2.45) is 0 Å². The molecule has 0 aromatic heterocycles. The minimum atomic E-state index is -5.35. The normalized spacial score (nSPS) is 36.4. The fourth-order valence-electron chi connectivity index (χ4n) is 2.72. The molecule has 0 aliphatic heterocycles. The van der Waals surface area contributed by atoms with Gasteiger partial charge < -0.3 is 0 Å². The average Bonchev–Trinajstić information content (AvgIpc) is 2.73. The summed E-state index contributed by atoms with van der Waals surface area (Å²) in [5, 5.41) is 0. The first-order valence-corrected chi connectivity index (χ1v) is 10.2. The van der Waals surface area contributed by atoms with Gasteiger partial charge >= 0.3 is 108 Å². The molecule has 17 heavy (non-hydrogen) atoms. The maximum absolute atomic E-state index is 15.0. The molecule has 92 valence electrons. The summed E-state index contributed by atoms with van der Waals surface area (Å²) in [4.78, 5) is 0. The molecule has 0 fully saturated rings. The minimum absolute atomic E-state index is 0.954. The molecule has 0 amide bonds. The standard InChI is InChI=1S/2C7H9.2FH.Zr/c2*1-6-3-4-7(2)5-6;;;/h2*3-5H,1-2H3;2*1H;/q;;;;+2/p-2. The van der Waals surface area contributed by atoms with E-state index in [2.05, 4.69) is 0 Å². The molecule has 0 aromatic rings. The van der Waals surface area contributed by atoms with Gasteiger partial charge in [0.25, 0.3) is 0 Å². The van der Waals surface area contributed by atoms with Crippen LogP contribution >= 0.6 is 0 Å². The Morgan fingerprint density at radius 2 is 1.24 bits per heavy atom. The van der Waals surface area contributed by atoms with Gasteiger partial charge in [-0.25, -0.2) is 0 Å². The zero-order chi connectivity index (χ0) is 12.9. The van der Waals surface area contributed by atoms with Gasteiger partial charge in [0.1, 0.15) is 0 Å². The first-order valence-electron chi connectivity index (χ1n) is 5.85. The third-order valence-corrected chi connectivity index (χ3v) is 12.0. The van der Waals surface area contributed by atoms with Gasteiger partial charge in [0.05, 0.1) is 0 Å². The van der Waals surface area contributed by atoms with Crippen LogP contribution in [-0.4, -0.2) is 0 Å². The summed E-state index contributed by atoms with van der Waals surface area (Å²) in [6, 6.07) is 0. The summed E-state index contributed by atoms with van der Waals surface area (Å²) in [7, 11) is 0. The van der Waals surface area contributed by atoms with Crippen LogP contribution in [0.3, 0.4) is 0 Å². The maximum atomic E-state index is 15.0. The average molecular weight is 316 g/mol. The molecule has 2 aliphatic carbocycles. The van der Waals surface area contributed by atoms with Crippen molar-refractivity contribution in [1.29, 1.82) is 0 Å². The van der Waals surface area contributed by atoms with Crippen molar-refractivity contribution in [3.05, 3.63) is 47.6 Å². The molecular weight excluding hydrogens is 297 g/mol. The molecule has 2 rings (SSSR count). The van der Waals surface area contributed by atoms with Crippen LogP contribution in [0.15, 0.2) is 47.6 Å². The van der Waals surface area contributed by atoms with Crippen molar-refractivity contribution in [3.8, 4) is 0 Å². The molecule has 3 heteroatoms. The number of allylic oxidation sites excluding steroid dienone is 8. The van der Waals surface area contributed by atoms with E-state index in [1.54, 1.807) is 38.2 Å². The Labute approximate surface area is 108 Å². The Morgan fingerprint density at radius 1 is 0.882 bits per heavy atom. The molecule has 0 nitrogen and oxygen atoms in total. The molecule has 2 aliphatic rings. The number of hydrogen-bond acceptors (Lipinski definition) is 0. The van der Waals surface area contributed by atoms with Crippen LogP contribution in [-0.2, 0) is 21.5 Å². The van der Waals surface area contributed by atoms with Crippen molar-refractivity contribution >= 4 is 0 Å². The van der Waals surface area contributed by atoms with E-state index in [1.807, 2.05) is 26.0 Å². The van der Waals surface area contributed by atoms with Crippen molar-refractivity contribution in [2.45, 2.75) is 33.9 Å². The van der Waals surface area contributed by atoms with Gasteiger partial charge in [0.15, 0.2) is 0 Å². The van der Waals surface area contributed by atoms with Crippen LogP contribution in [0.25, 0.3) is 0 Å². The van der Waals surface area contributed by atoms with Crippen molar-refractivity contribution in [2.75, 3.05) is 0 Å². The Morgan fingerprint density at radius 3 is 1.47 bits per heavy atom. The molecular formula is C14H18F2Zr. The topological polar surface area (TPSA) is 0 Å². The van der Waals surface area contributed by atoms with Gasteiger partial charge in [-0.15, -0.1) is 0 Å². The molecule has 0 N–H and O–H groups in total. The van der Waals surface area contributed by atoms with Crippen molar-refractivity contribution in [1.82, 2.24) is 0 Å². The SMILES string of the molecule is CC1=C[C](C)([Zr]([F])([F])[C]2(C)C=CC(C)=C2)C=C1. The summed E-state index contributed by atoms with van der Waals surface area (Å²) in [5.41, 5.74) is 1.91. The Bertz CT molecular complexity index is 429. The number of halogens is 2. The van der Waals surface area contributed by atoms with Crippen LogP contribution < -0.4 is 0 Å². The van der Waals surface area contributed by atoms with E-state index < -0.39 is 27.7 Å². The van der Waals surface area contributed by atoms with Gasteiger partial charge in [-0.3, -0.25) is 0 Å². The Kier molecular flexibility index (Phi) is 2.97. The second-order valence-electron chi connectivity index (χ2n) is 5.58. The summed E-state index contributed by atoms with van der Waals surface area (Å²) < 4.78 is 28.0. The molecule has 0 bridgehead atoms. The fourth-order valence-corrected chi connectivity index (χ4v) is 9.02. The van der Waals surface area contributed by atoms with Gasteiger partial charge in [-0.2, -0.15) is 0 Å². The summed E-state index contributed by atoms with van der Waals surface area (Å²) >= 11 is -5.35. The van der Waals surface area contributed by atoms with E-state index in [4.69, 9.17) is 0 Å². The van der Waals surface area contributed by atoms with Crippen LogP contribution in [0.1, 0.15) is 27.7 Å². The molecule has 0 saturated carbocycles. The Balaban J connectivity index is 2.45. The van der Waals surface area contributed by atoms with E-state index in [9.17, 15) is 5.25 Å². The van der Waals surface area contributed by atoms with Gasteiger partial charge in [0.2, 0.25) is 0 Å². The predicted octanol–water partition coefficient (Wildman–Crippen LogP) is 5.30. The van der Waals surface area contributed by atoms with Crippen molar-refractivity contribution in [3.63, 3.8) is 0 Å². The number of hydrogen-bond donors (Lipinski definition) is 0. The molecule has 0 spiro atoms. The van der Waals surface area contributed by atoms with Gasteiger partial charge in [-0.1, -0.05) is 0 Å². The fraction of sp³-hybridized carbons (Fsp3) is 0.429.